The zero-order chi connectivity index (χ0) is 12.0. The first kappa shape index (κ1) is 12.6. The van der Waals surface area contributed by atoms with Crippen molar-refractivity contribution in [2.75, 3.05) is 0 Å². The highest BCUT2D eigenvalue weighted by molar-refractivity contribution is 14.1. The standard InChI is InChI=1S/C9H13IN6/c10-7-3-1-2-6(4-7)5-14-9(13)16-15-8(11)12/h1-4H,5H2,(H4,11,12,15)(H3,13,14,16). The summed E-state index contributed by atoms with van der Waals surface area (Å²) < 4.78 is 1.15. The van der Waals surface area contributed by atoms with Gasteiger partial charge in [0.2, 0.25) is 11.9 Å². The number of rotatable bonds is 2. The van der Waals surface area contributed by atoms with Crippen molar-refractivity contribution in [2.24, 2.45) is 5.73 Å². The zero-order valence-electron chi connectivity index (χ0n) is 8.47. The molecular weight excluding hydrogens is 319 g/mol. The molecule has 0 spiro atoms. The summed E-state index contributed by atoms with van der Waals surface area (Å²) in [6, 6.07) is 7.97. The minimum atomic E-state index is -0.235. The third kappa shape index (κ3) is 4.82. The number of guanidine groups is 2. The summed E-state index contributed by atoms with van der Waals surface area (Å²) in [4.78, 5) is 0. The summed E-state index contributed by atoms with van der Waals surface area (Å²) in [5.41, 5.74) is 10.9. The molecule has 0 atom stereocenters. The molecule has 0 radical (unpaired) electrons. The third-order valence-electron chi connectivity index (χ3n) is 1.68. The van der Waals surface area contributed by atoms with Gasteiger partial charge in [0.25, 0.3) is 0 Å². The van der Waals surface area contributed by atoms with Gasteiger partial charge < -0.3 is 11.1 Å². The lowest BCUT2D eigenvalue weighted by atomic mass is 10.2. The molecule has 86 valence electrons. The fourth-order valence-electron chi connectivity index (χ4n) is 1.01. The summed E-state index contributed by atoms with van der Waals surface area (Å²) >= 11 is 2.23. The fraction of sp³-hybridized carbons (Fsp3) is 0.111. The normalized spacial score (nSPS) is 9.31. The summed E-state index contributed by atoms with van der Waals surface area (Å²) in [6.07, 6.45) is 0. The van der Waals surface area contributed by atoms with E-state index in [1.54, 1.807) is 0 Å². The lowest BCUT2D eigenvalue weighted by Gasteiger charge is -2.11. The van der Waals surface area contributed by atoms with Crippen molar-refractivity contribution in [3.63, 3.8) is 0 Å². The average Bonchev–Trinajstić information content (AvgIpc) is 2.23. The minimum absolute atomic E-state index is 0.0639. The maximum absolute atomic E-state index is 7.45. The lowest BCUT2D eigenvalue weighted by molar-refractivity contribution is 0.768. The Morgan fingerprint density at radius 1 is 1.31 bits per heavy atom. The molecule has 0 fully saturated rings. The molecule has 6 nitrogen and oxygen atoms in total. The Kier molecular flexibility index (Phi) is 4.83. The number of hydrazine groups is 1. The summed E-state index contributed by atoms with van der Waals surface area (Å²) in [5.74, 6) is -0.171. The van der Waals surface area contributed by atoms with Gasteiger partial charge in [-0.1, -0.05) is 12.1 Å². The van der Waals surface area contributed by atoms with Gasteiger partial charge in [0, 0.05) is 10.1 Å². The first-order valence-corrected chi connectivity index (χ1v) is 5.58. The number of benzene rings is 1. The average molecular weight is 332 g/mol. The predicted octanol–water partition coefficient (Wildman–Crippen LogP) is 0.303. The molecular formula is C9H13IN6. The van der Waals surface area contributed by atoms with E-state index in [0.717, 1.165) is 9.13 Å². The van der Waals surface area contributed by atoms with Crippen molar-refractivity contribution < 1.29 is 0 Å². The first-order valence-electron chi connectivity index (χ1n) is 4.51. The van der Waals surface area contributed by atoms with Crippen molar-refractivity contribution in [2.45, 2.75) is 6.54 Å². The van der Waals surface area contributed by atoms with E-state index >= 15 is 0 Å². The number of hydrogen-bond donors (Lipinski definition) is 6. The van der Waals surface area contributed by atoms with Crippen LogP contribution in [0.2, 0.25) is 0 Å². The second-order valence-corrected chi connectivity index (χ2v) is 4.27. The van der Waals surface area contributed by atoms with Gasteiger partial charge in [-0.2, -0.15) is 0 Å². The van der Waals surface area contributed by atoms with Gasteiger partial charge in [-0.05, 0) is 40.3 Å². The third-order valence-corrected chi connectivity index (χ3v) is 2.35. The molecule has 0 unspecified atom stereocenters. The second kappa shape index (κ2) is 6.16. The zero-order valence-corrected chi connectivity index (χ0v) is 10.6. The Hall–Kier alpha value is -1.51. The first-order chi connectivity index (χ1) is 7.58. The van der Waals surface area contributed by atoms with E-state index < -0.39 is 0 Å². The maximum Gasteiger partial charge on any atom is 0.207 e. The second-order valence-electron chi connectivity index (χ2n) is 3.02. The van der Waals surface area contributed by atoms with Crippen LogP contribution in [0.15, 0.2) is 24.3 Å². The van der Waals surface area contributed by atoms with E-state index in [4.69, 9.17) is 16.6 Å². The van der Waals surface area contributed by atoms with Crippen LogP contribution < -0.4 is 21.9 Å². The summed E-state index contributed by atoms with van der Waals surface area (Å²) in [7, 11) is 0. The Labute approximate surface area is 107 Å². The van der Waals surface area contributed by atoms with Crippen LogP contribution in [0.3, 0.4) is 0 Å². The van der Waals surface area contributed by atoms with Crippen LogP contribution in [0.25, 0.3) is 0 Å². The number of halogens is 1. The Morgan fingerprint density at radius 2 is 2.06 bits per heavy atom. The highest BCUT2D eigenvalue weighted by Gasteiger charge is 1.96. The molecule has 0 aliphatic rings. The largest absolute Gasteiger partial charge is 0.369 e. The molecule has 0 bridgehead atoms. The van der Waals surface area contributed by atoms with Gasteiger partial charge in [-0.25, -0.2) is 0 Å². The summed E-state index contributed by atoms with van der Waals surface area (Å²) in [6.45, 7) is 0.544. The molecule has 0 heterocycles. The molecule has 0 aliphatic carbocycles. The van der Waals surface area contributed by atoms with E-state index in [9.17, 15) is 0 Å². The molecule has 0 saturated heterocycles. The van der Waals surface area contributed by atoms with Crippen LogP contribution in [0.4, 0.5) is 0 Å². The van der Waals surface area contributed by atoms with Crippen LogP contribution in [0.1, 0.15) is 5.56 Å². The maximum atomic E-state index is 7.45. The van der Waals surface area contributed by atoms with Gasteiger partial charge in [0.05, 0.1) is 0 Å². The van der Waals surface area contributed by atoms with E-state index in [-0.39, 0.29) is 11.9 Å². The molecule has 0 aliphatic heterocycles. The van der Waals surface area contributed by atoms with Crippen LogP contribution in [-0.4, -0.2) is 11.9 Å². The Balaban J connectivity index is 2.34. The van der Waals surface area contributed by atoms with Gasteiger partial charge in [-0.15, -0.1) is 0 Å². The van der Waals surface area contributed by atoms with Crippen LogP contribution in [0.5, 0.6) is 0 Å². The lowest BCUT2D eigenvalue weighted by Crippen LogP contribution is -2.49. The number of nitrogens with one attached hydrogen (secondary N) is 5. The van der Waals surface area contributed by atoms with E-state index in [2.05, 4.69) is 38.8 Å². The molecule has 0 amide bonds. The van der Waals surface area contributed by atoms with Gasteiger partial charge in [-0.3, -0.25) is 21.7 Å². The minimum Gasteiger partial charge on any atom is -0.369 e. The molecule has 0 aromatic heterocycles. The Morgan fingerprint density at radius 3 is 2.69 bits per heavy atom. The Bertz CT molecular complexity index is 391. The molecule has 1 aromatic carbocycles. The highest BCUT2D eigenvalue weighted by atomic mass is 127. The topological polar surface area (TPSA) is 110 Å². The monoisotopic (exact) mass is 332 g/mol. The van der Waals surface area contributed by atoms with Crippen molar-refractivity contribution in [3.05, 3.63) is 33.4 Å². The van der Waals surface area contributed by atoms with Gasteiger partial charge in [0.15, 0.2) is 0 Å². The smallest absolute Gasteiger partial charge is 0.207 e. The van der Waals surface area contributed by atoms with Crippen LogP contribution in [-0.2, 0) is 6.54 Å². The molecule has 7 N–H and O–H groups in total. The molecule has 7 heteroatoms. The number of nitrogens with two attached hydrogens (primary N) is 1. The van der Waals surface area contributed by atoms with Crippen molar-refractivity contribution >= 4 is 34.5 Å². The van der Waals surface area contributed by atoms with E-state index in [1.165, 1.54) is 0 Å². The van der Waals surface area contributed by atoms with Crippen molar-refractivity contribution in [1.29, 1.82) is 10.8 Å². The molecule has 1 aromatic rings. The van der Waals surface area contributed by atoms with Gasteiger partial charge in [0.1, 0.15) is 0 Å². The molecule has 0 saturated carbocycles. The summed E-state index contributed by atoms with van der Waals surface area (Å²) in [5, 5.41) is 17.2. The van der Waals surface area contributed by atoms with Crippen molar-refractivity contribution in [3.8, 4) is 0 Å². The predicted molar refractivity (Wildman–Crippen MR) is 71.9 cm³/mol. The van der Waals surface area contributed by atoms with Gasteiger partial charge >= 0.3 is 0 Å². The van der Waals surface area contributed by atoms with Crippen LogP contribution in [0, 0.1) is 14.4 Å². The molecule has 16 heavy (non-hydrogen) atoms. The fourth-order valence-corrected chi connectivity index (χ4v) is 1.62. The van der Waals surface area contributed by atoms with E-state index in [1.807, 2.05) is 24.3 Å². The highest BCUT2D eigenvalue weighted by Crippen LogP contribution is 2.06. The van der Waals surface area contributed by atoms with Crippen LogP contribution >= 0.6 is 22.6 Å². The van der Waals surface area contributed by atoms with Crippen molar-refractivity contribution in [1.82, 2.24) is 16.2 Å². The van der Waals surface area contributed by atoms with E-state index in [0.29, 0.717) is 6.54 Å². The quantitative estimate of drug-likeness (QED) is 0.203. The number of hydrogen-bond acceptors (Lipinski definition) is 2. The molecule has 1 rings (SSSR count). The SMILES string of the molecule is N=C(N)NNC(=N)NCc1cccc(I)c1.